The Morgan fingerprint density at radius 1 is 1.38 bits per heavy atom. The van der Waals surface area contributed by atoms with Gasteiger partial charge in [0, 0.05) is 0 Å². The lowest BCUT2D eigenvalue weighted by Crippen LogP contribution is -2.41. The van der Waals surface area contributed by atoms with Crippen molar-refractivity contribution in [2.75, 3.05) is 0 Å². The van der Waals surface area contributed by atoms with Crippen LogP contribution in [0.25, 0.3) is 0 Å². The molecule has 0 heterocycles. The third-order valence-electron chi connectivity index (χ3n) is 3.31. The highest BCUT2D eigenvalue weighted by molar-refractivity contribution is 5.90. The largest absolute Gasteiger partial charge is 0.433 e. The number of esters is 1. The lowest BCUT2D eigenvalue weighted by molar-refractivity contribution is 0.00294. The summed E-state index contributed by atoms with van der Waals surface area (Å²) in [5.41, 5.74) is -0.457. The molecule has 0 spiro atoms. The molecule has 3 nitrogen and oxygen atoms in total. The van der Waals surface area contributed by atoms with E-state index in [1.54, 1.807) is 18.2 Å². The third-order valence-corrected chi connectivity index (χ3v) is 3.31. The molecule has 2 unspecified atom stereocenters. The second-order valence-electron chi connectivity index (χ2n) is 4.89. The van der Waals surface area contributed by atoms with E-state index in [-0.39, 0.29) is 0 Å². The second-order valence-corrected chi connectivity index (χ2v) is 4.89. The number of rotatable bonds is 4. The molecule has 0 bridgehead atoms. The van der Waals surface area contributed by atoms with Gasteiger partial charge in [-0.2, -0.15) is 5.26 Å². The molecule has 4 heteroatoms. The smallest absolute Gasteiger partial charge is 0.340 e. The lowest BCUT2D eigenvalue weighted by Gasteiger charge is -2.26. The van der Waals surface area contributed by atoms with E-state index < -0.39 is 17.7 Å². The summed E-state index contributed by atoms with van der Waals surface area (Å²) in [5.74, 6) is -0.706. The van der Waals surface area contributed by atoms with Gasteiger partial charge in [0.25, 0.3) is 5.60 Å². The summed E-state index contributed by atoms with van der Waals surface area (Å²) in [4.78, 5) is 12.1. The zero-order valence-corrected chi connectivity index (χ0v) is 11.8. The molecule has 0 radical (unpaired) electrons. The predicted molar refractivity (Wildman–Crippen MR) is 77.4 cm³/mol. The molecule has 0 aliphatic heterocycles. The summed E-state index contributed by atoms with van der Waals surface area (Å²) in [6.07, 6.45) is 5.71. The molecule has 21 heavy (non-hydrogen) atoms. The molecule has 1 aliphatic rings. The summed E-state index contributed by atoms with van der Waals surface area (Å²) in [6, 6.07) is 8.68. The highest BCUT2D eigenvalue weighted by Crippen LogP contribution is 2.26. The van der Waals surface area contributed by atoms with Crippen molar-refractivity contribution < 1.29 is 13.9 Å². The highest BCUT2D eigenvalue weighted by Gasteiger charge is 2.41. The van der Waals surface area contributed by atoms with Crippen molar-refractivity contribution in [2.24, 2.45) is 0 Å². The van der Waals surface area contributed by atoms with Crippen LogP contribution in [0, 0.1) is 11.3 Å². The van der Waals surface area contributed by atoms with Gasteiger partial charge in [0.1, 0.15) is 6.07 Å². The van der Waals surface area contributed by atoms with Crippen molar-refractivity contribution >= 4 is 5.97 Å². The maximum absolute atomic E-state index is 13.9. The Balaban J connectivity index is 2.15. The summed E-state index contributed by atoms with van der Waals surface area (Å²) >= 11 is 0. The van der Waals surface area contributed by atoms with Gasteiger partial charge in [-0.15, -0.1) is 0 Å². The minimum atomic E-state index is -1.88. The average Bonchev–Trinajstić information content (AvgIpc) is 2.50. The minimum absolute atomic E-state index is 0.305. The standard InChI is InChI=1S/C17H16FNO2/c1-2-5-13-7-9-14(10-8-13)16(20)21-17(12-19)11-4-3-6-15(17)18/h3-4,6-11,15H,2,5H2,1H3. The summed E-state index contributed by atoms with van der Waals surface area (Å²) < 4.78 is 19.0. The fourth-order valence-corrected chi connectivity index (χ4v) is 2.12. The average molecular weight is 285 g/mol. The number of carbonyl (C=O) groups excluding carboxylic acids is 1. The van der Waals surface area contributed by atoms with E-state index in [0.717, 1.165) is 18.4 Å². The van der Waals surface area contributed by atoms with Crippen molar-refractivity contribution in [2.45, 2.75) is 31.5 Å². The van der Waals surface area contributed by atoms with Crippen molar-refractivity contribution in [1.29, 1.82) is 5.26 Å². The number of ether oxygens (including phenoxy) is 1. The zero-order valence-electron chi connectivity index (χ0n) is 11.8. The van der Waals surface area contributed by atoms with Crippen LogP contribution in [-0.4, -0.2) is 17.7 Å². The van der Waals surface area contributed by atoms with Crippen LogP contribution in [0.1, 0.15) is 29.3 Å². The lowest BCUT2D eigenvalue weighted by atomic mass is 9.94. The number of allylic oxidation sites excluding steroid dienone is 2. The molecule has 2 rings (SSSR count). The topological polar surface area (TPSA) is 50.1 Å². The number of nitrogens with zero attached hydrogens (tertiary/aromatic N) is 1. The van der Waals surface area contributed by atoms with Crippen molar-refractivity contribution in [1.82, 2.24) is 0 Å². The van der Waals surface area contributed by atoms with Gasteiger partial charge in [-0.05, 0) is 36.3 Å². The SMILES string of the molecule is CCCc1ccc(C(=O)OC2(C#N)C=CC=CC2F)cc1. The fourth-order valence-electron chi connectivity index (χ4n) is 2.12. The first-order valence-electron chi connectivity index (χ1n) is 6.85. The molecule has 1 aromatic carbocycles. The van der Waals surface area contributed by atoms with Gasteiger partial charge in [0.2, 0.25) is 0 Å². The van der Waals surface area contributed by atoms with E-state index in [1.165, 1.54) is 24.3 Å². The van der Waals surface area contributed by atoms with Crippen LogP contribution < -0.4 is 0 Å². The third kappa shape index (κ3) is 3.19. The van der Waals surface area contributed by atoms with E-state index in [4.69, 9.17) is 10.00 Å². The van der Waals surface area contributed by atoms with Gasteiger partial charge in [0.15, 0.2) is 6.17 Å². The molecule has 0 saturated heterocycles. The summed E-state index contributed by atoms with van der Waals surface area (Å²) in [6.45, 7) is 2.07. The predicted octanol–water partition coefficient (Wildman–Crippen LogP) is 3.52. The van der Waals surface area contributed by atoms with E-state index in [2.05, 4.69) is 6.92 Å². The molecule has 0 aromatic heterocycles. The zero-order chi connectivity index (χ0) is 15.3. The summed E-state index contributed by atoms with van der Waals surface area (Å²) in [7, 11) is 0. The van der Waals surface area contributed by atoms with Crippen LogP contribution in [0.4, 0.5) is 4.39 Å². The highest BCUT2D eigenvalue weighted by atomic mass is 19.1. The molecule has 0 N–H and O–H groups in total. The van der Waals surface area contributed by atoms with E-state index >= 15 is 0 Å². The molecule has 1 aromatic rings. The maximum atomic E-state index is 13.9. The maximum Gasteiger partial charge on any atom is 0.340 e. The molecule has 108 valence electrons. The normalized spacial score (nSPS) is 23.6. The van der Waals surface area contributed by atoms with Gasteiger partial charge in [-0.3, -0.25) is 0 Å². The molecular weight excluding hydrogens is 269 g/mol. The monoisotopic (exact) mass is 285 g/mol. The number of nitriles is 1. The van der Waals surface area contributed by atoms with Crippen LogP contribution in [0.15, 0.2) is 48.6 Å². The molecule has 0 fully saturated rings. The second kappa shape index (κ2) is 6.36. The number of carbonyl (C=O) groups is 1. The number of hydrogen-bond donors (Lipinski definition) is 0. The van der Waals surface area contributed by atoms with Crippen molar-refractivity contribution in [3.63, 3.8) is 0 Å². The number of hydrogen-bond acceptors (Lipinski definition) is 3. The van der Waals surface area contributed by atoms with Gasteiger partial charge in [-0.1, -0.05) is 37.6 Å². The number of benzene rings is 1. The Kier molecular flexibility index (Phi) is 4.54. The molecular formula is C17H16FNO2. The minimum Gasteiger partial charge on any atom is -0.433 e. The molecule has 0 saturated carbocycles. The van der Waals surface area contributed by atoms with Crippen molar-refractivity contribution in [3.8, 4) is 6.07 Å². The quantitative estimate of drug-likeness (QED) is 0.795. The van der Waals surface area contributed by atoms with Crippen LogP contribution in [0.2, 0.25) is 0 Å². The fraction of sp³-hybridized carbons (Fsp3) is 0.294. The van der Waals surface area contributed by atoms with Crippen LogP contribution in [0.5, 0.6) is 0 Å². The molecule has 1 aliphatic carbocycles. The first-order valence-corrected chi connectivity index (χ1v) is 6.85. The van der Waals surface area contributed by atoms with Crippen molar-refractivity contribution in [3.05, 3.63) is 59.7 Å². The summed E-state index contributed by atoms with van der Waals surface area (Å²) in [5, 5.41) is 9.17. The van der Waals surface area contributed by atoms with E-state index in [9.17, 15) is 9.18 Å². The van der Waals surface area contributed by atoms with Crippen LogP contribution >= 0.6 is 0 Å². The van der Waals surface area contributed by atoms with E-state index in [0.29, 0.717) is 5.56 Å². The Morgan fingerprint density at radius 2 is 2.10 bits per heavy atom. The van der Waals surface area contributed by atoms with Gasteiger partial charge in [0.05, 0.1) is 5.56 Å². The number of aryl methyl sites for hydroxylation is 1. The van der Waals surface area contributed by atoms with Crippen LogP contribution in [-0.2, 0) is 11.2 Å². The number of halogens is 1. The molecule has 0 amide bonds. The van der Waals surface area contributed by atoms with Gasteiger partial charge < -0.3 is 4.74 Å². The Hall–Kier alpha value is -2.41. The van der Waals surface area contributed by atoms with Gasteiger partial charge in [-0.25, -0.2) is 9.18 Å². The Bertz CT molecular complexity index is 613. The van der Waals surface area contributed by atoms with Gasteiger partial charge >= 0.3 is 5.97 Å². The van der Waals surface area contributed by atoms with Crippen LogP contribution in [0.3, 0.4) is 0 Å². The molecule has 2 atom stereocenters. The Labute approximate surface area is 123 Å². The van der Waals surface area contributed by atoms with E-state index in [1.807, 2.05) is 12.1 Å². The Morgan fingerprint density at radius 3 is 2.67 bits per heavy atom. The first-order chi connectivity index (χ1) is 10.1. The number of alkyl halides is 1. The first kappa shape index (κ1) is 15.0.